The van der Waals surface area contributed by atoms with Crippen LogP contribution in [0.3, 0.4) is 0 Å². The molecular formula is C48H83N13O9. The Morgan fingerprint density at radius 2 is 1.03 bits per heavy atom. The number of nitrogens with two attached hydrogens (primary N) is 4. The lowest BCUT2D eigenvalue weighted by molar-refractivity contribution is -0.136. The minimum absolute atomic E-state index is 0.0191. The zero-order valence-corrected chi connectivity index (χ0v) is 42.0. The third kappa shape index (κ3) is 21.9. The fourth-order valence-electron chi connectivity index (χ4n) is 7.69. The molecule has 1 aliphatic rings. The van der Waals surface area contributed by atoms with Crippen molar-refractivity contribution in [1.29, 1.82) is 0 Å². The van der Waals surface area contributed by atoms with E-state index in [2.05, 4.69) is 47.9 Å². The Bertz CT molecular complexity index is 1850. The normalized spacial score (nSPS) is 23.7. The van der Waals surface area contributed by atoms with Crippen LogP contribution in [-0.2, 0) is 49.6 Å². The van der Waals surface area contributed by atoms with Crippen molar-refractivity contribution in [2.75, 3.05) is 32.7 Å². The second-order valence-corrected chi connectivity index (χ2v) is 18.9. The van der Waals surface area contributed by atoms with Crippen molar-refractivity contribution >= 4 is 53.2 Å². The Hall–Kier alpha value is -5.71. The van der Waals surface area contributed by atoms with Crippen LogP contribution in [0.2, 0.25) is 0 Å². The standard InChI is InChI=1S/C48H83N13O9/c1-7-30(6)13-14-40(62)54-32(15-20-49)42(64)58-36-19-24-53-41(63)37(25-28(2)3)59-44(66)34(17-22-51)55-43(65)33(16-21-50)57-48(70)39(27-31-11-9-8-10-12-31)61-47(69)38(26-29(4)5)60-45(67)35(18-23-52)56-46(36)68/h8-12,28-30,32-39H,7,13-27,49-52H2,1-6H3,(H,53,63)(H,54,62)(H,55,65)(H,56,68)(H,57,70)(H,58,64)(H,59,66)(H,60,67)(H,61,69)/t30?,32-,33+,34+,35+,36+,37+,38+,39-/m1/s1. The van der Waals surface area contributed by atoms with Crippen LogP contribution in [0, 0.1) is 17.8 Å². The van der Waals surface area contributed by atoms with Gasteiger partial charge in [-0.2, -0.15) is 0 Å². The van der Waals surface area contributed by atoms with Gasteiger partial charge in [0, 0.05) is 19.4 Å². The number of nitrogens with one attached hydrogen (secondary N) is 9. The maximum Gasteiger partial charge on any atom is 0.243 e. The maximum atomic E-state index is 14.3. The highest BCUT2D eigenvalue weighted by atomic mass is 16.2. The van der Waals surface area contributed by atoms with Gasteiger partial charge in [0.25, 0.3) is 0 Å². The van der Waals surface area contributed by atoms with Crippen molar-refractivity contribution in [2.24, 2.45) is 40.7 Å². The molecule has 0 aliphatic carbocycles. The summed E-state index contributed by atoms with van der Waals surface area (Å²) in [6, 6.07) is -1.24. The molecule has 1 heterocycles. The van der Waals surface area contributed by atoms with Crippen LogP contribution in [0.4, 0.5) is 0 Å². The van der Waals surface area contributed by atoms with Gasteiger partial charge in [0.2, 0.25) is 53.2 Å². The molecule has 0 aromatic heterocycles. The van der Waals surface area contributed by atoms with Crippen molar-refractivity contribution in [3.8, 4) is 0 Å². The van der Waals surface area contributed by atoms with E-state index in [1.807, 2.05) is 41.5 Å². The molecule has 70 heavy (non-hydrogen) atoms. The van der Waals surface area contributed by atoms with Crippen LogP contribution in [0.15, 0.2) is 30.3 Å². The summed E-state index contributed by atoms with van der Waals surface area (Å²) in [5.41, 5.74) is 24.2. The van der Waals surface area contributed by atoms with Gasteiger partial charge in [-0.3, -0.25) is 43.2 Å². The number of hydrogen-bond acceptors (Lipinski definition) is 13. The molecule has 1 unspecified atom stereocenters. The number of carbonyl (C=O) groups excluding carboxylic acids is 9. The van der Waals surface area contributed by atoms with Crippen LogP contribution >= 0.6 is 0 Å². The second-order valence-electron chi connectivity index (χ2n) is 18.9. The Balaban J connectivity index is 2.72. The first-order valence-electron chi connectivity index (χ1n) is 24.8. The molecule has 2 rings (SSSR count). The summed E-state index contributed by atoms with van der Waals surface area (Å²) in [5, 5.41) is 24.3. The summed E-state index contributed by atoms with van der Waals surface area (Å²) < 4.78 is 0. The van der Waals surface area contributed by atoms with E-state index < -0.39 is 95.6 Å². The number of rotatable bonds is 21. The van der Waals surface area contributed by atoms with Crippen LogP contribution in [0.5, 0.6) is 0 Å². The van der Waals surface area contributed by atoms with Crippen molar-refractivity contribution in [1.82, 2.24) is 47.9 Å². The minimum Gasteiger partial charge on any atom is -0.354 e. The average molecular weight is 986 g/mol. The van der Waals surface area contributed by atoms with Crippen LogP contribution in [0.1, 0.15) is 111 Å². The van der Waals surface area contributed by atoms with Crippen molar-refractivity contribution in [3.63, 3.8) is 0 Å². The van der Waals surface area contributed by atoms with Crippen molar-refractivity contribution in [2.45, 2.75) is 161 Å². The summed E-state index contributed by atoms with van der Waals surface area (Å²) in [6.07, 6.45) is 1.47. The predicted molar refractivity (Wildman–Crippen MR) is 266 cm³/mol. The second kappa shape index (κ2) is 32.2. The third-order valence-corrected chi connectivity index (χ3v) is 11.9. The Morgan fingerprint density at radius 3 is 1.50 bits per heavy atom. The van der Waals surface area contributed by atoms with Crippen LogP contribution < -0.4 is 70.8 Å². The molecule has 0 radical (unpaired) electrons. The predicted octanol–water partition coefficient (Wildman–Crippen LogP) is -2.06. The molecule has 9 amide bonds. The molecule has 0 spiro atoms. The molecule has 9 atom stereocenters. The fraction of sp³-hybridized carbons (Fsp3) is 0.688. The van der Waals surface area contributed by atoms with Crippen molar-refractivity contribution in [3.05, 3.63) is 35.9 Å². The fourth-order valence-corrected chi connectivity index (χ4v) is 7.69. The number of benzene rings is 1. The Labute approximate surface area is 413 Å². The van der Waals surface area contributed by atoms with Crippen LogP contribution in [-0.4, -0.2) is 134 Å². The monoisotopic (exact) mass is 986 g/mol. The quantitative estimate of drug-likeness (QED) is 0.0631. The molecule has 0 saturated carbocycles. The summed E-state index contributed by atoms with van der Waals surface area (Å²) in [6.45, 7) is 11.0. The highest BCUT2D eigenvalue weighted by Gasteiger charge is 2.35. The Kier molecular flexibility index (Phi) is 27.8. The first kappa shape index (κ1) is 60.4. The molecule has 22 nitrogen and oxygen atoms in total. The summed E-state index contributed by atoms with van der Waals surface area (Å²) in [4.78, 5) is 125. The summed E-state index contributed by atoms with van der Waals surface area (Å²) >= 11 is 0. The van der Waals surface area contributed by atoms with E-state index in [9.17, 15) is 43.2 Å². The van der Waals surface area contributed by atoms with E-state index in [1.165, 1.54) is 0 Å². The molecule has 0 bridgehead atoms. The van der Waals surface area contributed by atoms with E-state index in [0.29, 0.717) is 12.0 Å². The molecule has 17 N–H and O–H groups in total. The van der Waals surface area contributed by atoms with Gasteiger partial charge >= 0.3 is 0 Å². The molecule has 394 valence electrons. The van der Waals surface area contributed by atoms with Gasteiger partial charge in [0.1, 0.15) is 48.3 Å². The summed E-state index contributed by atoms with van der Waals surface area (Å²) in [7, 11) is 0. The minimum atomic E-state index is -1.41. The van der Waals surface area contributed by atoms with Crippen LogP contribution in [0.25, 0.3) is 0 Å². The number of hydrogen-bond donors (Lipinski definition) is 13. The lowest BCUT2D eigenvalue weighted by Gasteiger charge is -2.28. The molecule has 1 aromatic carbocycles. The van der Waals surface area contributed by atoms with E-state index in [4.69, 9.17) is 22.9 Å². The molecule has 1 aliphatic heterocycles. The van der Waals surface area contributed by atoms with Gasteiger partial charge in [0.15, 0.2) is 0 Å². The van der Waals surface area contributed by atoms with E-state index in [-0.39, 0.29) is 114 Å². The van der Waals surface area contributed by atoms with Gasteiger partial charge in [-0.05, 0) is 101 Å². The van der Waals surface area contributed by atoms with E-state index in [0.717, 1.165) is 6.42 Å². The first-order valence-corrected chi connectivity index (χ1v) is 24.8. The molecule has 1 saturated heterocycles. The lowest BCUT2D eigenvalue weighted by Crippen LogP contribution is -2.61. The maximum absolute atomic E-state index is 14.3. The summed E-state index contributed by atoms with van der Waals surface area (Å²) in [5.74, 6) is -6.36. The molecule has 22 heteroatoms. The van der Waals surface area contributed by atoms with E-state index >= 15 is 0 Å². The van der Waals surface area contributed by atoms with Gasteiger partial charge in [-0.25, -0.2) is 0 Å². The smallest absolute Gasteiger partial charge is 0.243 e. The van der Waals surface area contributed by atoms with Gasteiger partial charge in [-0.1, -0.05) is 78.3 Å². The highest BCUT2D eigenvalue weighted by Crippen LogP contribution is 2.13. The third-order valence-electron chi connectivity index (χ3n) is 11.9. The topological polar surface area (TPSA) is 366 Å². The zero-order chi connectivity index (χ0) is 52.3. The molecule has 1 fully saturated rings. The average Bonchev–Trinajstić information content (AvgIpc) is 3.31. The molecule has 1 aromatic rings. The van der Waals surface area contributed by atoms with E-state index in [1.54, 1.807) is 30.3 Å². The highest BCUT2D eigenvalue weighted by molar-refractivity contribution is 5.98. The number of amides is 9. The zero-order valence-electron chi connectivity index (χ0n) is 42.0. The van der Waals surface area contributed by atoms with Gasteiger partial charge < -0.3 is 70.8 Å². The SMILES string of the molecule is CCC(C)CCC(=O)N[C@H](CCN)C(=O)N[C@H]1CCNC(=O)[C@H](CC(C)C)NC(=O)[C@H](CCN)NC(=O)[C@H](CCN)NC(=O)[C@@H](Cc2ccccc2)NC(=O)[C@H](CC(C)C)NC(=O)[C@H](CCN)NC1=O. The van der Waals surface area contributed by atoms with Gasteiger partial charge in [-0.15, -0.1) is 0 Å². The van der Waals surface area contributed by atoms with Gasteiger partial charge in [0.05, 0.1) is 0 Å². The Morgan fingerprint density at radius 1 is 0.586 bits per heavy atom. The van der Waals surface area contributed by atoms with Crippen molar-refractivity contribution < 1.29 is 43.2 Å². The molecular weight excluding hydrogens is 903 g/mol. The number of carbonyl (C=O) groups is 9. The largest absolute Gasteiger partial charge is 0.354 e. The lowest BCUT2D eigenvalue weighted by atomic mass is 10.00. The first-order chi connectivity index (χ1) is 33.3.